The van der Waals surface area contributed by atoms with Gasteiger partial charge >= 0.3 is 0 Å². The average molecular weight is 187 g/mol. The van der Waals surface area contributed by atoms with E-state index >= 15 is 0 Å². The quantitative estimate of drug-likeness (QED) is 0.739. The summed E-state index contributed by atoms with van der Waals surface area (Å²) in [5.74, 6) is 0. The summed E-state index contributed by atoms with van der Waals surface area (Å²) in [6.07, 6.45) is 0.884. The maximum Gasteiger partial charge on any atom is 0.205 e. The molecule has 1 atom stereocenters. The Kier molecular flexibility index (Phi) is 3.43. The Labute approximate surface area is 75.6 Å². The van der Waals surface area contributed by atoms with Gasteiger partial charge in [0.2, 0.25) is 5.13 Å². The van der Waals surface area contributed by atoms with Gasteiger partial charge in [0.15, 0.2) is 0 Å². The summed E-state index contributed by atoms with van der Waals surface area (Å²) in [6, 6.07) is 0.0948. The van der Waals surface area contributed by atoms with Crippen LogP contribution in [-0.2, 0) is 0 Å². The summed E-state index contributed by atoms with van der Waals surface area (Å²) in [6.45, 7) is 4.06. The molecule has 5 heteroatoms. The maximum atomic E-state index is 8.89. The van der Waals surface area contributed by atoms with Crippen LogP contribution in [0.5, 0.6) is 0 Å². The van der Waals surface area contributed by atoms with Crippen LogP contribution >= 0.6 is 11.3 Å². The molecule has 1 aromatic rings. The third-order valence-electron chi connectivity index (χ3n) is 1.57. The lowest BCUT2D eigenvalue weighted by Gasteiger charge is -2.11. The number of hydrogen-bond donors (Lipinski definition) is 2. The van der Waals surface area contributed by atoms with Crippen LogP contribution in [0.3, 0.4) is 0 Å². The monoisotopic (exact) mass is 187 g/mol. The van der Waals surface area contributed by atoms with Crippen molar-refractivity contribution in [3.05, 3.63) is 5.01 Å². The van der Waals surface area contributed by atoms with Crippen molar-refractivity contribution in [3.63, 3.8) is 0 Å². The van der Waals surface area contributed by atoms with Crippen molar-refractivity contribution in [2.24, 2.45) is 0 Å². The van der Waals surface area contributed by atoms with E-state index in [1.54, 1.807) is 0 Å². The lowest BCUT2D eigenvalue weighted by atomic mass is 10.2. The van der Waals surface area contributed by atoms with Crippen LogP contribution in [-0.4, -0.2) is 28.0 Å². The minimum Gasteiger partial charge on any atom is -0.394 e. The molecule has 0 aliphatic rings. The van der Waals surface area contributed by atoms with Crippen LogP contribution in [0.15, 0.2) is 0 Å². The number of aliphatic hydroxyl groups is 1. The second-order valence-electron chi connectivity index (χ2n) is 2.56. The Bertz CT molecular complexity index is 234. The van der Waals surface area contributed by atoms with E-state index in [0.717, 1.165) is 16.6 Å². The molecular weight excluding hydrogens is 174 g/mol. The first kappa shape index (κ1) is 9.41. The van der Waals surface area contributed by atoms with E-state index in [2.05, 4.69) is 15.5 Å². The van der Waals surface area contributed by atoms with Crippen LogP contribution in [0.1, 0.15) is 18.4 Å². The summed E-state index contributed by atoms with van der Waals surface area (Å²) in [7, 11) is 0. The van der Waals surface area contributed by atoms with Gasteiger partial charge in [-0.1, -0.05) is 18.3 Å². The minimum atomic E-state index is 0.0948. The molecule has 0 bridgehead atoms. The molecule has 0 aliphatic carbocycles. The van der Waals surface area contributed by atoms with Crippen LogP contribution in [0.2, 0.25) is 0 Å². The van der Waals surface area contributed by atoms with Crippen molar-refractivity contribution in [1.29, 1.82) is 0 Å². The van der Waals surface area contributed by atoms with Crippen LogP contribution in [0.25, 0.3) is 0 Å². The lowest BCUT2D eigenvalue weighted by molar-refractivity contribution is 0.272. The highest BCUT2D eigenvalue weighted by atomic mass is 32.1. The van der Waals surface area contributed by atoms with E-state index in [-0.39, 0.29) is 12.6 Å². The van der Waals surface area contributed by atoms with E-state index in [1.165, 1.54) is 11.3 Å². The standard InChI is InChI=1S/C7H13N3OS/c1-3-6(4-11)8-7-10-9-5(2)12-7/h6,11H,3-4H2,1-2H3,(H,8,10). The SMILES string of the molecule is CCC(CO)Nc1nnc(C)s1. The van der Waals surface area contributed by atoms with E-state index in [4.69, 9.17) is 5.11 Å². The summed E-state index contributed by atoms with van der Waals surface area (Å²) in [5.41, 5.74) is 0. The van der Waals surface area contributed by atoms with Crippen LogP contribution < -0.4 is 5.32 Å². The molecule has 0 saturated heterocycles. The van der Waals surface area contributed by atoms with E-state index in [9.17, 15) is 0 Å². The van der Waals surface area contributed by atoms with Crippen molar-refractivity contribution in [1.82, 2.24) is 10.2 Å². The first-order valence-electron chi connectivity index (χ1n) is 3.93. The Morgan fingerprint density at radius 1 is 1.58 bits per heavy atom. The Morgan fingerprint density at radius 3 is 2.75 bits per heavy atom. The number of aliphatic hydroxyl groups excluding tert-OH is 1. The topological polar surface area (TPSA) is 58.0 Å². The molecular formula is C7H13N3OS. The van der Waals surface area contributed by atoms with Gasteiger partial charge in [-0.3, -0.25) is 0 Å². The predicted molar refractivity (Wildman–Crippen MR) is 49.4 cm³/mol. The van der Waals surface area contributed by atoms with Gasteiger partial charge in [0.05, 0.1) is 12.6 Å². The van der Waals surface area contributed by atoms with Gasteiger partial charge in [-0.05, 0) is 13.3 Å². The number of nitrogens with zero attached hydrogens (tertiary/aromatic N) is 2. The second kappa shape index (κ2) is 4.37. The Morgan fingerprint density at radius 2 is 2.33 bits per heavy atom. The number of rotatable bonds is 4. The van der Waals surface area contributed by atoms with E-state index < -0.39 is 0 Å². The maximum absolute atomic E-state index is 8.89. The highest BCUT2D eigenvalue weighted by Crippen LogP contribution is 2.15. The van der Waals surface area contributed by atoms with E-state index in [1.807, 2.05) is 13.8 Å². The number of anilines is 1. The summed E-state index contributed by atoms with van der Waals surface area (Å²) in [4.78, 5) is 0. The van der Waals surface area contributed by atoms with Gasteiger partial charge < -0.3 is 10.4 Å². The van der Waals surface area contributed by atoms with Gasteiger partial charge in [-0.15, -0.1) is 10.2 Å². The van der Waals surface area contributed by atoms with Gasteiger partial charge in [-0.25, -0.2) is 0 Å². The molecule has 0 fully saturated rings. The minimum absolute atomic E-state index is 0.0948. The van der Waals surface area contributed by atoms with Crippen molar-refractivity contribution in [2.75, 3.05) is 11.9 Å². The van der Waals surface area contributed by atoms with Crippen molar-refractivity contribution in [3.8, 4) is 0 Å². The molecule has 0 aliphatic heterocycles. The molecule has 0 spiro atoms. The van der Waals surface area contributed by atoms with Crippen molar-refractivity contribution in [2.45, 2.75) is 26.3 Å². The van der Waals surface area contributed by atoms with E-state index in [0.29, 0.717) is 0 Å². The average Bonchev–Trinajstić information content (AvgIpc) is 2.47. The van der Waals surface area contributed by atoms with Crippen LogP contribution in [0, 0.1) is 6.92 Å². The number of aromatic nitrogens is 2. The number of aryl methyl sites for hydroxylation is 1. The second-order valence-corrected chi connectivity index (χ2v) is 3.74. The molecule has 68 valence electrons. The molecule has 1 unspecified atom stereocenters. The van der Waals surface area contributed by atoms with Gasteiger partial charge in [-0.2, -0.15) is 0 Å². The Hall–Kier alpha value is -0.680. The van der Waals surface area contributed by atoms with Gasteiger partial charge in [0, 0.05) is 0 Å². The fourth-order valence-electron chi connectivity index (χ4n) is 0.806. The normalized spacial score (nSPS) is 12.9. The molecule has 0 amide bonds. The molecule has 4 nitrogen and oxygen atoms in total. The van der Waals surface area contributed by atoms with Crippen molar-refractivity contribution >= 4 is 16.5 Å². The third-order valence-corrected chi connectivity index (χ3v) is 2.34. The predicted octanol–water partition coefficient (Wildman–Crippen LogP) is 1.03. The zero-order valence-electron chi connectivity index (χ0n) is 7.24. The fraction of sp³-hybridized carbons (Fsp3) is 0.714. The molecule has 1 rings (SSSR count). The highest BCUT2D eigenvalue weighted by molar-refractivity contribution is 7.15. The summed E-state index contributed by atoms with van der Waals surface area (Å²) >= 11 is 1.50. The zero-order chi connectivity index (χ0) is 8.97. The largest absolute Gasteiger partial charge is 0.394 e. The van der Waals surface area contributed by atoms with Gasteiger partial charge in [0.25, 0.3) is 0 Å². The zero-order valence-corrected chi connectivity index (χ0v) is 8.06. The van der Waals surface area contributed by atoms with Crippen molar-refractivity contribution < 1.29 is 5.11 Å². The number of hydrogen-bond acceptors (Lipinski definition) is 5. The summed E-state index contributed by atoms with van der Waals surface area (Å²) < 4.78 is 0. The lowest BCUT2D eigenvalue weighted by Crippen LogP contribution is -2.22. The highest BCUT2D eigenvalue weighted by Gasteiger charge is 2.06. The molecule has 0 saturated carbocycles. The van der Waals surface area contributed by atoms with Gasteiger partial charge in [0.1, 0.15) is 5.01 Å². The fourth-order valence-corrected chi connectivity index (χ4v) is 1.48. The first-order valence-corrected chi connectivity index (χ1v) is 4.75. The molecule has 2 N–H and O–H groups in total. The number of nitrogens with one attached hydrogen (secondary N) is 1. The van der Waals surface area contributed by atoms with Crippen LogP contribution in [0.4, 0.5) is 5.13 Å². The molecule has 0 radical (unpaired) electrons. The molecule has 12 heavy (non-hydrogen) atoms. The third kappa shape index (κ3) is 2.42. The molecule has 0 aromatic carbocycles. The molecule has 1 aromatic heterocycles. The summed E-state index contributed by atoms with van der Waals surface area (Å²) in [5, 5.41) is 21.5. The smallest absolute Gasteiger partial charge is 0.205 e. The Balaban J connectivity index is 2.50. The molecule has 1 heterocycles. The first-order chi connectivity index (χ1) is 5.76.